The first kappa shape index (κ1) is 20.4. The second-order valence-electron chi connectivity index (χ2n) is 6.87. The molecule has 2 aromatic carbocycles. The van der Waals surface area contributed by atoms with E-state index in [-0.39, 0.29) is 36.1 Å². The summed E-state index contributed by atoms with van der Waals surface area (Å²) in [5.74, 6) is -0.424. The van der Waals surface area contributed by atoms with Gasteiger partial charge in [0, 0.05) is 18.6 Å². The first-order chi connectivity index (χ1) is 12.1. The van der Waals surface area contributed by atoms with E-state index < -0.39 is 0 Å². The maximum Gasteiger partial charge on any atom is 0.227 e. The molecule has 0 bridgehead atoms. The van der Waals surface area contributed by atoms with Gasteiger partial charge in [-0.3, -0.25) is 4.79 Å². The SMILES string of the molecule is CC(C(=O)N(CCc1cccc(F)c1)C1CC1)C(N)c1ccccc1.Cl. The van der Waals surface area contributed by atoms with E-state index in [1.54, 1.807) is 6.07 Å². The van der Waals surface area contributed by atoms with Crippen LogP contribution >= 0.6 is 12.4 Å². The molecule has 0 spiro atoms. The van der Waals surface area contributed by atoms with Crippen molar-refractivity contribution in [2.24, 2.45) is 11.7 Å². The van der Waals surface area contributed by atoms with Gasteiger partial charge in [0.2, 0.25) is 5.91 Å². The summed E-state index contributed by atoms with van der Waals surface area (Å²) in [6.07, 6.45) is 2.75. The van der Waals surface area contributed by atoms with E-state index >= 15 is 0 Å². The first-order valence-corrected chi connectivity index (χ1v) is 8.91. The molecule has 1 fully saturated rings. The van der Waals surface area contributed by atoms with Crippen LogP contribution in [0, 0.1) is 11.7 Å². The molecule has 5 heteroatoms. The van der Waals surface area contributed by atoms with Crippen molar-refractivity contribution in [3.05, 3.63) is 71.5 Å². The number of carbonyl (C=O) groups is 1. The van der Waals surface area contributed by atoms with Crippen molar-refractivity contribution in [1.29, 1.82) is 0 Å². The van der Waals surface area contributed by atoms with Crippen molar-refractivity contribution < 1.29 is 9.18 Å². The molecule has 2 N–H and O–H groups in total. The topological polar surface area (TPSA) is 46.3 Å². The molecule has 2 aromatic rings. The monoisotopic (exact) mass is 376 g/mol. The fourth-order valence-corrected chi connectivity index (χ4v) is 3.18. The van der Waals surface area contributed by atoms with Crippen LogP contribution in [-0.4, -0.2) is 23.4 Å². The zero-order chi connectivity index (χ0) is 17.8. The predicted molar refractivity (Wildman–Crippen MR) is 105 cm³/mol. The van der Waals surface area contributed by atoms with Crippen LogP contribution in [0.5, 0.6) is 0 Å². The normalized spacial score (nSPS) is 15.7. The molecule has 0 radical (unpaired) electrons. The summed E-state index contributed by atoms with van der Waals surface area (Å²) in [6.45, 7) is 2.51. The molecule has 3 rings (SSSR count). The predicted octanol–water partition coefficient (Wildman–Crippen LogP) is 4.12. The molecule has 0 aromatic heterocycles. The fraction of sp³-hybridized carbons (Fsp3) is 0.381. The number of amides is 1. The highest BCUT2D eigenvalue weighted by molar-refractivity contribution is 5.85. The van der Waals surface area contributed by atoms with E-state index in [0.717, 1.165) is 24.0 Å². The van der Waals surface area contributed by atoms with Gasteiger partial charge < -0.3 is 10.6 Å². The third kappa shape index (κ3) is 5.05. The van der Waals surface area contributed by atoms with Gasteiger partial charge >= 0.3 is 0 Å². The van der Waals surface area contributed by atoms with E-state index in [0.29, 0.717) is 19.0 Å². The van der Waals surface area contributed by atoms with Crippen LogP contribution in [0.3, 0.4) is 0 Å². The minimum Gasteiger partial charge on any atom is -0.339 e. The smallest absolute Gasteiger partial charge is 0.227 e. The summed E-state index contributed by atoms with van der Waals surface area (Å²) in [5.41, 5.74) is 8.22. The molecule has 0 saturated heterocycles. The summed E-state index contributed by atoms with van der Waals surface area (Å²) >= 11 is 0. The van der Waals surface area contributed by atoms with Crippen molar-refractivity contribution >= 4 is 18.3 Å². The van der Waals surface area contributed by atoms with Gasteiger partial charge in [0.15, 0.2) is 0 Å². The molecule has 2 atom stereocenters. The number of halogens is 2. The molecular weight excluding hydrogens is 351 g/mol. The van der Waals surface area contributed by atoms with Gasteiger partial charge in [-0.15, -0.1) is 12.4 Å². The van der Waals surface area contributed by atoms with Gasteiger partial charge in [0.25, 0.3) is 0 Å². The fourth-order valence-electron chi connectivity index (χ4n) is 3.18. The van der Waals surface area contributed by atoms with Crippen LogP contribution in [0.1, 0.15) is 36.9 Å². The molecule has 1 amide bonds. The van der Waals surface area contributed by atoms with Crippen LogP contribution < -0.4 is 5.73 Å². The maximum atomic E-state index is 13.3. The van der Waals surface area contributed by atoms with Crippen molar-refractivity contribution in [2.45, 2.75) is 38.3 Å². The molecular formula is C21H26ClFN2O. The second-order valence-corrected chi connectivity index (χ2v) is 6.87. The van der Waals surface area contributed by atoms with Crippen LogP contribution in [0.4, 0.5) is 4.39 Å². The lowest BCUT2D eigenvalue weighted by Gasteiger charge is -2.29. The Bertz CT molecular complexity index is 721. The second kappa shape index (κ2) is 9.15. The van der Waals surface area contributed by atoms with Crippen molar-refractivity contribution in [2.75, 3.05) is 6.54 Å². The minimum atomic E-state index is -0.316. The van der Waals surface area contributed by atoms with Crippen molar-refractivity contribution in [3.8, 4) is 0 Å². The summed E-state index contributed by atoms with van der Waals surface area (Å²) in [6, 6.07) is 16.3. The number of nitrogens with zero attached hydrogens (tertiary/aromatic N) is 1. The van der Waals surface area contributed by atoms with Gasteiger partial charge in [-0.1, -0.05) is 49.4 Å². The number of hydrogen-bond acceptors (Lipinski definition) is 2. The average Bonchev–Trinajstić information content (AvgIpc) is 3.46. The molecule has 1 aliphatic carbocycles. The largest absolute Gasteiger partial charge is 0.339 e. The zero-order valence-electron chi connectivity index (χ0n) is 15.0. The van der Waals surface area contributed by atoms with E-state index in [2.05, 4.69) is 0 Å². The lowest BCUT2D eigenvalue weighted by Crippen LogP contribution is -2.41. The van der Waals surface area contributed by atoms with E-state index in [1.165, 1.54) is 12.1 Å². The Balaban J connectivity index is 0.00000243. The summed E-state index contributed by atoms with van der Waals surface area (Å²) < 4.78 is 13.3. The maximum absolute atomic E-state index is 13.3. The molecule has 140 valence electrons. The van der Waals surface area contributed by atoms with E-state index in [4.69, 9.17) is 5.73 Å². The highest BCUT2D eigenvalue weighted by Crippen LogP contribution is 2.30. The van der Waals surface area contributed by atoms with Crippen LogP contribution in [0.2, 0.25) is 0 Å². The summed E-state index contributed by atoms with van der Waals surface area (Å²) in [4.78, 5) is 14.9. The minimum absolute atomic E-state index is 0. The van der Waals surface area contributed by atoms with Gasteiger partial charge in [-0.25, -0.2) is 4.39 Å². The summed E-state index contributed by atoms with van der Waals surface area (Å²) in [5, 5.41) is 0. The van der Waals surface area contributed by atoms with Gasteiger partial charge in [0.1, 0.15) is 5.82 Å². The molecule has 0 aliphatic heterocycles. The van der Waals surface area contributed by atoms with Crippen molar-refractivity contribution in [3.63, 3.8) is 0 Å². The Hall–Kier alpha value is -1.91. The zero-order valence-corrected chi connectivity index (χ0v) is 15.8. The Morgan fingerprint density at radius 2 is 1.88 bits per heavy atom. The number of benzene rings is 2. The van der Waals surface area contributed by atoms with E-state index in [1.807, 2.05) is 48.2 Å². The van der Waals surface area contributed by atoms with Crippen LogP contribution in [0.15, 0.2) is 54.6 Å². The Kier molecular flexibility index (Phi) is 7.18. The molecule has 2 unspecified atom stereocenters. The van der Waals surface area contributed by atoms with Gasteiger partial charge in [-0.05, 0) is 42.5 Å². The highest BCUT2D eigenvalue weighted by Gasteiger charge is 2.36. The van der Waals surface area contributed by atoms with Crippen LogP contribution in [0.25, 0.3) is 0 Å². The molecule has 3 nitrogen and oxygen atoms in total. The standard InChI is InChI=1S/C21H25FN2O.ClH/c1-15(20(23)17-7-3-2-4-8-17)21(25)24(19-10-11-19)13-12-16-6-5-9-18(22)14-16;/h2-9,14-15,19-20H,10-13,23H2,1H3;1H. The number of nitrogens with two attached hydrogens (primary N) is 1. The summed E-state index contributed by atoms with van der Waals surface area (Å²) in [7, 11) is 0. The van der Waals surface area contributed by atoms with Gasteiger partial charge in [-0.2, -0.15) is 0 Å². The third-order valence-electron chi connectivity index (χ3n) is 4.91. The lowest BCUT2D eigenvalue weighted by molar-refractivity contribution is -0.136. The van der Waals surface area contributed by atoms with Crippen molar-refractivity contribution in [1.82, 2.24) is 4.90 Å². The van der Waals surface area contributed by atoms with Crippen LogP contribution in [-0.2, 0) is 11.2 Å². The molecule has 0 heterocycles. The quantitative estimate of drug-likeness (QED) is 0.790. The van der Waals surface area contributed by atoms with Gasteiger partial charge in [0.05, 0.1) is 5.92 Å². The van der Waals surface area contributed by atoms with E-state index in [9.17, 15) is 9.18 Å². The Morgan fingerprint density at radius 3 is 2.50 bits per heavy atom. The average molecular weight is 377 g/mol. The molecule has 1 aliphatic rings. The first-order valence-electron chi connectivity index (χ1n) is 8.91. The number of hydrogen-bond donors (Lipinski definition) is 1. The Morgan fingerprint density at radius 1 is 1.19 bits per heavy atom. The lowest BCUT2D eigenvalue weighted by atomic mass is 9.94. The highest BCUT2D eigenvalue weighted by atomic mass is 35.5. The Labute approximate surface area is 160 Å². The number of rotatable bonds is 7. The molecule has 26 heavy (non-hydrogen) atoms. The number of carbonyl (C=O) groups excluding carboxylic acids is 1. The third-order valence-corrected chi connectivity index (χ3v) is 4.91. The molecule has 1 saturated carbocycles.